The predicted octanol–water partition coefficient (Wildman–Crippen LogP) is 2.72. The Kier molecular flexibility index (Phi) is 3.14. The monoisotopic (exact) mass is 292 g/mol. The minimum Gasteiger partial charge on any atom is -0.495 e. The van der Waals surface area contributed by atoms with E-state index in [1.54, 1.807) is 23.9 Å². The summed E-state index contributed by atoms with van der Waals surface area (Å²) < 4.78 is 6.88. The number of aromatic carboxylic acids is 1. The molecule has 0 fully saturated rings. The van der Waals surface area contributed by atoms with Crippen LogP contribution in [0.4, 0.5) is 0 Å². The molecule has 1 aromatic heterocycles. The number of hydrogen-bond donors (Lipinski definition) is 1. The van der Waals surface area contributed by atoms with E-state index in [-0.39, 0.29) is 5.69 Å². The van der Waals surface area contributed by atoms with Gasteiger partial charge in [-0.05, 0) is 31.4 Å². The van der Waals surface area contributed by atoms with Gasteiger partial charge >= 0.3 is 5.97 Å². The van der Waals surface area contributed by atoms with Crippen molar-refractivity contribution < 1.29 is 14.6 Å². The first-order valence-corrected chi connectivity index (χ1v) is 6.67. The zero-order valence-electron chi connectivity index (χ0n) is 10.9. The number of rotatable bonds is 3. The lowest BCUT2D eigenvalue weighted by molar-refractivity contribution is 0.0689. The molecule has 0 aliphatic heterocycles. The molecule has 0 atom stereocenters. The second-order valence-corrected chi connectivity index (χ2v) is 5.07. The largest absolute Gasteiger partial charge is 0.495 e. The number of carbonyl (C=O) groups is 1. The van der Waals surface area contributed by atoms with Crippen LogP contribution < -0.4 is 4.74 Å². The summed E-state index contributed by atoms with van der Waals surface area (Å²) in [5, 5.41) is 14.0. The van der Waals surface area contributed by atoms with Crippen molar-refractivity contribution in [3.05, 3.63) is 40.2 Å². The smallest absolute Gasteiger partial charge is 0.356 e. The fourth-order valence-corrected chi connectivity index (χ4v) is 2.80. The number of nitrogens with zero attached hydrogens (tertiary/aromatic N) is 2. The van der Waals surface area contributed by atoms with Crippen LogP contribution in [-0.2, 0) is 12.8 Å². The molecule has 6 heteroatoms. The minimum absolute atomic E-state index is 0.145. The Morgan fingerprint density at radius 1 is 1.45 bits per heavy atom. The van der Waals surface area contributed by atoms with Crippen LogP contribution in [0.3, 0.4) is 0 Å². The van der Waals surface area contributed by atoms with Crippen molar-refractivity contribution in [2.75, 3.05) is 7.11 Å². The van der Waals surface area contributed by atoms with Crippen LogP contribution in [0.25, 0.3) is 5.69 Å². The summed E-state index contributed by atoms with van der Waals surface area (Å²) >= 11 is 6.01. The van der Waals surface area contributed by atoms with Gasteiger partial charge in [0, 0.05) is 17.3 Å². The molecule has 0 bridgehead atoms. The maximum atomic E-state index is 11.3. The Balaban J connectivity index is 2.16. The van der Waals surface area contributed by atoms with E-state index in [9.17, 15) is 9.90 Å². The van der Waals surface area contributed by atoms with Crippen molar-refractivity contribution in [3.63, 3.8) is 0 Å². The van der Waals surface area contributed by atoms with Crippen molar-refractivity contribution in [1.82, 2.24) is 9.78 Å². The molecular weight excluding hydrogens is 280 g/mol. The summed E-state index contributed by atoms with van der Waals surface area (Å²) in [5.41, 5.74) is 2.71. The van der Waals surface area contributed by atoms with Gasteiger partial charge in [0.05, 0.1) is 17.8 Å². The van der Waals surface area contributed by atoms with Crippen molar-refractivity contribution >= 4 is 17.6 Å². The van der Waals surface area contributed by atoms with Crippen LogP contribution in [0.2, 0.25) is 5.02 Å². The molecule has 0 spiro atoms. The molecule has 104 valence electrons. The fraction of sp³-hybridized carbons (Fsp3) is 0.286. The fourth-order valence-electron chi connectivity index (χ4n) is 2.60. The van der Waals surface area contributed by atoms with Gasteiger partial charge in [-0.1, -0.05) is 11.6 Å². The van der Waals surface area contributed by atoms with E-state index >= 15 is 0 Å². The average Bonchev–Trinajstić information content (AvgIpc) is 3.00. The van der Waals surface area contributed by atoms with Gasteiger partial charge in [0.25, 0.3) is 0 Å². The predicted molar refractivity (Wildman–Crippen MR) is 74.1 cm³/mol. The van der Waals surface area contributed by atoms with E-state index in [1.165, 1.54) is 0 Å². The second kappa shape index (κ2) is 4.83. The lowest BCUT2D eigenvalue weighted by atomic mass is 10.2. The van der Waals surface area contributed by atoms with E-state index in [0.717, 1.165) is 36.2 Å². The molecule has 1 aromatic carbocycles. The summed E-state index contributed by atoms with van der Waals surface area (Å²) in [6.45, 7) is 0. The summed E-state index contributed by atoms with van der Waals surface area (Å²) in [5.74, 6) is -0.439. The summed E-state index contributed by atoms with van der Waals surface area (Å²) in [6, 6.07) is 5.29. The Morgan fingerprint density at radius 3 is 2.95 bits per heavy atom. The number of aromatic nitrogens is 2. The SMILES string of the molecule is COc1cc(-n2nc(C(=O)O)c3c2CCC3)ccc1Cl. The number of benzene rings is 1. The van der Waals surface area contributed by atoms with E-state index < -0.39 is 5.97 Å². The Morgan fingerprint density at radius 2 is 2.25 bits per heavy atom. The zero-order chi connectivity index (χ0) is 14.3. The molecule has 2 aromatic rings. The topological polar surface area (TPSA) is 64.4 Å². The number of halogens is 1. The van der Waals surface area contributed by atoms with Crippen molar-refractivity contribution in [1.29, 1.82) is 0 Å². The lowest BCUT2D eigenvalue weighted by Crippen LogP contribution is -2.04. The molecule has 0 radical (unpaired) electrons. The second-order valence-electron chi connectivity index (χ2n) is 4.66. The van der Waals surface area contributed by atoms with Crippen LogP contribution in [-0.4, -0.2) is 28.0 Å². The van der Waals surface area contributed by atoms with Crippen molar-refractivity contribution in [2.45, 2.75) is 19.3 Å². The standard InChI is InChI=1S/C14H13ClN2O3/c1-20-12-7-8(5-6-10(12)15)17-11-4-2-3-9(11)13(16-17)14(18)19/h5-7H,2-4H2,1H3,(H,18,19). The third kappa shape index (κ3) is 1.94. The van der Waals surface area contributed by atoms with Gasteiger partial charge in [-0.15, -0.1) is 0 Å². The molecule has 0 saturated heterocycles. The summed E-state index contributed by atoms with van der Waals surface area (Å²) in [7, 11) is 1.54. The van der Waals surface area contributed by atoms with Crippen LogP contribution in [0.1, 0.15) is 28.2 Å². The van der Waals surface area contributed by atoms with Crippen LogP contribution in [0.15, 0.2) is 18.2 Å². The van der Waals surface area contributed by atoms with Gasteiger partial charge in [0.1, 0.15) is 5.75 Å². The Bertz CT molecular complexity index is 694. The molecule has 0 amide bonds. The molecule has 1 aliphatic rings. The third-order valence-electron chi connectivity index (χ3n) is 3.51. The molecule has 3 rings (SSSR count). The Hall–Kier alpha value is -2.01. The number of fused-ring (bicyclic) bond motifs is 1. The average molecular weight is 293 g/mol. The van der Waals surface area contributed by atoms with E-state index in [0.29, 0.717) is 10.8 Å². The molecule has 1 heterocycles. The van der Waals surface area contributed by atoms with Crippen LogP contribution in [0.5, 0.6) is 5.75 Å². The highest BCUT2D eigenvalue weighted by molar-refractivity contribution is 6.32. The summed E-state index contributed by atoms with van der Waals surface area (Å²) in [6.07, 6.45) is 2.56. The molecule has 1 N–H and O–H groups in total. The van der Waals surface area contributed by atoms with Gasteiger partial charge in [0.15, 0.2) is 5.69 Å². The zero-order valence-corrected chi connectivity index (χ0v) is 11.6. The molecule has 20 heavy (non-hydrogen) atoms. The van der Waals surface area contributed by atoms with Gasteiger partial charge < -0.3 is 9.84 Å². The lowest BCUT2D eigenvalue weighted by Gasteiger charge is -2.08. The maximum absolute atomic E-state index is 11.3. The van der Waals surface area contributed by atoms with Crippen molar-refractivity contribution in [2.24, 2.45) is 0 Å². The molecular formula is C14H13ClN2O3. The maximum Gasteiger partial charge on any atom is 0.356 e. The molecule has 0 unspecified atom stereocenters. The number of carboxylic acids is 1. The first-order valence-electron chi connectivity index (χ1n) is 6.30. The number of methoxy groups -OCH3 is 1. The third-order valence-corrected chi connectivity index (χ3v) is 3.82. The summed E-state index contributed by atoms with van der Waals surface area (Å²) in [4.78, 5) is 11.3. The highest BCUT2D eigenvalue weighted by Gasteiger charge is 2.26. The minimum atomic E-state index is -0.983. The first-order chi connectivity index (χ1) is 9.61. The van der Waals surface area contributed by atoms with Gasteiger partial charge in [-0.2, -0.15) is 5.10 Å². The highest BCUT2D eigenvalue weighted by atomic mass is 35.5. The molecule has 5 nitrogen and oxygen atoms in total. The van der Waals surface area contributed by atoms with Crippen LogP contribution in [0, 0.1) is 0 Å². The molecule has 0 saturated carbocycles. The van der Waals surface area contributed by atoms with E-state index in [4.69, 9.17) is 16.3 Å². The van der Waals surface area contributed by atoms with Crippen LogP contribution >= 0.6 is 11.6 Å². The number of carboxylic acid groups (broad SMARTS) is 1. The number of hydrogen-bond acceptors (Lipinski definition) is 3. The quantitative estimate of drug-likeness (QED) is 0.945. The van der Waals surface area contributed by atoms with E-state index in [2.05, 4.69) is 5.10 Å². The Labute approximate surface area is 120 Å². The van der Waals surface area contributed by atoms with Crippen molar-refractivity contribution in [3.8, 4) is 11.4 Å². The van der Waals surface area contributed by atoms with Gasteiger partial charge in [-0.25, -0.2) is 9.48 Å². The van der Waals surface area contributed by atoms with Gasteiger partial charge in [-0.3, -0.25) is 0 Å². The van der Waals surface area contributed by atoms with Gasteiger partial charge in [0.2, 0.25) is 0 Å². The highest BCUT2D eigenvalue weighted by Crippen LogP contribution is 2.31. The number of ether oxygens (including phenoxy) is 1. The first kappa shape index (κ1) is 13.0. The molecule has 1 aliphatic carbocycles. The van der Waals surface area contributed by atoms with E-state index in [1.807, 2.05) is 6.07 Å². The normalized spacial score (nSPS) is 13.3.